The summed E-state index contributed by atoms with van der Waals surface area (Å²) in [7, 11) is 0. The summed E-state index contributed by atoms with van der Waals surface area (Å²) in [5.41, 5.74) is 0.483. The van der Waals surface area contributed by atoms with E-state index in [4.69, 9.17) is 0 Å². The number of aryl methyl sites for hydroxylation is 1. The Kier molecular flexibility index (Phi) is 3.61. The Morgan fingerprint density at radius 2 is 2.05 bits per heavy atom. The quantitative estimate of drug-likeness (QED) is 0.753. The number of alkyl halides is 3. The predicted octanol–water partition coefficient (Wildman–Crippen LogP) is 4.33. The van der Waals surface area contributed by atoms with Crippen molar-refractivity contribution in [3.63, 3.8) is 0 Å². The minimum atomic E-state index is -4.48. The van der Waals surface area contributed by atoms with E-state index in [0.29, 0.717) is 21.2 Å². The number of carbonyl (C=O) groups is 1. The third kappa shape index (κ3) is 2.95. The van der Waals surface area contributed by atoms with Crippen LogP contribution in [0, 0.1) is 6.92 Å². The number of amides is 1. The molecule has 1 aromatic carbocycles. The maximum atomic E-state index is 12.6. The molecule has 0 atom stereocenters. The Labute approximate surface area is 130 Å². The topological polar surface area (TPSA) is 54.9 Å². The van der Waals surface area contributed by atoms with Crippen molar-refractivity contribution in [3.05, 3.63) is 39.8 Å². The van der Waals surface area contributed by atoms with Crippen LogP contribution in [-0.4, -0.2) is 15.9 Å². The van der Waals surface area contributed by atoms with Gasteiger partial charge >= 0.3 is 6.18 Å². The van der Waals surface area contributed by atoms with Crippen molar-refractivity contribution in [1.29, 1.82) is 0 Å². The number of hydrogen-bond donors (Lipinski definition) is 1. The lowest BCUT2D eigenvalue weighted by molar-refractivity contribution is -0.137. The largest absolute Gasteiger partial charge is 0.443 e. The molecule has 0 aliphatic heterocycles. The van der Waals surface area contributed by atoms with Gasteiger partial charge in [0, 0.05) is 16.6 Å². The maximum Gasteiger partial charge on any atom is 0.443 e. The van der Waals surface area contributed by atoms with Crippen molar-refractivity contribution in [3.8, 4) is 0 Å². The molecule has 0 spiro atoms. The summed E-state index contributed by atoms with van der Waals surface area (Å²) in [5, 5.41) is 2.14. The number of rotatable bonds is 2. The summed E-state index contributed by atoms with van der Waals surface area (Å²) in [4.78, 5) is 20.6. The van der Waals surface area contributed by atoms with E-state index in [1.807, 2.05) is 6.92 Å². The van der Waals surface area contributed by atoms with Crippen molar-refractivity contribution < 1.29 is 18.0 Å². The molecule has 3 rings (SSSR count). The molecule has 0 saturated heterocycles. The average molecular weight is 343 g/mol. The molecule has 1 N–H and O–H groups in total. The lowest BCUT2D eigenvalue weighted by Gasteiger charge is -2.01. The average Bonchev–Trinajstić information content (AvgIpc) is 3.03. The molecule has 22 heavy (non-hydrogen) atoms. The van der Waals surface area contributed by atoms with Crippen LogP contribution in [0.3, 0.4) is 0 Å². The number of hydrogen-bond acceptors (Lipinski definition) is 5. The molecule has 4 nitrogen and oxygen atoms in total. The highest BCUT2D eigenvalue weighted by atomic mass is 32.1. The monoisotopic (exact) mass is 343 g/mol. The Morgan fingerprint density at radius 3 is 2.68 bits per heavy atom. The molecule has 0 aliphatic rings. The number of fused-ring (bicyclic) bond motifs is 1. The van der Waals surface area contributed by atoms with E-state index in [0.717, 1.165) is 4.88 Å². The molecule has 0 bridgehead atoms. The van der Waals surface area contributed by atoms with E-state index >= 15 is 0 Å². The van der Waals surface area contributed by atoms with E-state index in [1.54, 1.807) is 6.20 Å². The van der Waals surface area contributed by atoms with Gasteiger partial charge in [-0.25, -0.2) is 9.97 Å². The fourth-order valence-electron chi connectivity index (χ4n) is 1.77. The van der Waals surface area contributed by atoms with Gasteiger partial charge in [-0.05, 0) is 25.1 Å². The summed E-state index contributed by atoms with van der Waals surface area (Å²) in [5.74, 6) is -0.418. The summed E-state index contributed by atoms with van der Waals surface area (Å²) in [6.45, 7) is 1.86. The molecule has 3 aromatic rings. The van der Waals surface area contributed by atoms with Gasteiger partial charge in [0.2, 0.25) is 0 Å². The third-order valence-electron chi connectivity index (χ3n) is 2.73. The lowest BCUT2D eigenvalue weighted by Crippen LogP contribution is -2.11. The summed E-state index contributed by atoms with van der Waals surface area (Å²) in [6.07, 6.45) is -2.85. The molecule has 0 saturated carbocycles. The highest BCUT2D eigenvalue weighted by molar-refractivity contribution is 7.18. The molecule has 1 amide bonds. The molecule has 9 heteroatoms. The first-order valence-corrected chi connectivity index (χ1v) is 7.68. The van der Waals surface area contributed by atoms with Crippen LogP contribution in [0.25, 0.3) is 10.2 Å². The number of anilines is 1. The van der Waals surface area contributed by atoms with Crippen LogP contribution in [0.5, 0.6) is 0 Å². The second kappa shape index (κ2) is 5.33. The van der Waals surface area contributed by atoms with E-state index in [1.165, 1.54) is 29.5 Å². The fraction of sp³-hybridized carbons (Fsp3) is 0.154. The Morgan fingerprint density at radius 1 is 1.27 bits per heavy atom. The van der Waals surface area contributed by atoms with Gasteiger partial charge in [-0.3, -0.25) is 10.1 Å². The van der Waals surface area contributed by atoms with Gasteiger partial charge in [0.15, 0.2) is 10.1 Å². The number of carbonyl (C=O) groups excluding carboxylic acids is 1. The molecule has 2 aromatic heterocycles. The Balaban J connectivity index is 1.89. The second-order valence-electron chi connectivity index (χ2n) is 4.43. The molecular formula is C13H8F3N3OS2. The first-order valence-electron chi connectivity index (χ1n) is 6.04. The van der Waals surface area contributed by atoms with Gasteiger partial charge < -0.3 is 0 Å². The SMILES string of the molecule is Cc1cnc(NC(=O)c2ccc3nc(C(F)(F)F)sc3c2)s1. The van der Waals surface area contributed by atoms with Crippen LogP contribution in [-0.2, 0) is 6.18 Å². The van der Waals surface area contributed by atoms with Crippen LogP contribution >= 0.6 is 22.7 Å². The Hall–Kier alpha value is -2.00. The molecule has 2 heterocycles. The highest BCUT2D eigenvalue weighted by Gasteiger charge is 2.34. The first-order chi connectivity index (χ1) is 10.3. The standard InChI is InChI=1S/C13H8F3N3OS2/c1-6-5-17-12(21-6)19-10(20)7-2-3-8-9(4-7)22-11(18-8)13(14,15)16/h2-5H,1H3,(H,17,19,20). The van der Waals surface area contributed by atoms with Crippen molar-refractivity contribution in [1.82, 2.24) is 9.97 Å². The Bertz CT molecular complexity index is 854. The molecular weight excluding hydrogens is 335 g/mol. The van der Waals surface area contributed by atoms with Crippen LogP contribution in [0.1, 0.15) is 20.2 Å². The smallest absolute Gasteiger partial charge is 0.298 e. The van der Waals surface area contributed by atoms with Gasteiger partial charge in [0.1, 0.15) is 0 Å². The zero-order chi connectivity index (χ0) is 15.9. The zero-order valence-corrected chi connectivity index (χ0v) is 12.7. The molecule has 0 aliphatic carbocycles. The minimum absolute atomic E-state index is 0.221. The fourth-order valence-corrected chi connectivity index (χ4v) is 3.30. The van der Waals surface area contributed by atoms with Gasteiger partial charge in [-0.2, -0.15) is 13.2 Å². The number of nitrogens with one attached hydrogen (secondary N) is 1. The van der Waals surface area contributed by atoms with Crippen LogP contribution in [0.4, 0.5) is 18.3 Å². The normalized spacial score (nSPS) is 11.8. The van der Waals surface area contributed by atoms with E-state index in [-0.39, 0.29) is 11.1 Å². The van der Waals surface area contributed by atoms with Crippen LogP contribution in [0.2, 0.25) is 0 Å². The molecule has 0 unspecified atom stereocenters. The highest BCUT2D eigenvalue weighted by Crippen LogP contribution is 2.35. The summed E-state index contributed by atoms with van der Waals surface area (Å²) >= 11 is 1.84. The molecule has 0 fully saturated rings. The van der Waals surface area contributed by atoms with Crippen molar-refractivity contribution in [2.45, 2.75) is 13.1 Å². The first kappa shape index (κ1) is 14.9. The van der Waals surface area contributed by atoms with E-state index in [2.05, 4.69) is 15.3 Å². The zero-order valence-electron chi connectivity index (χ0n) is 11.1. The van der Waals surface area contributed by atoms with E-state index < -0.39 is 17.1 Å². The lowest BCUT2D eigenvalue weighted by atomic mass is 10.2. The van der Waals surface area contributed by atoms with Crippen molar-refractivity contribution in [2.24, 2.45) is 0 Å². The molecule has 0 radical (unpaired) electrons. The number of benzene rings is 1. The summed E-state index contributed by atoms with van der Waals surface area (Å²) < 4.78 is 38.2. The van der Waals surface area contributed by atoms with Crippen LogP contribution in [0.15, 0.2) is 24.4 Å². The third-order valence-corrected chi connectivity index (χ3v) is 4.63. The number of halogens is 3. The molecule has 114 valence electrons. The van der Waals surface area contributed by atoms with Crippen LogP contribution < -0.4 is 5.32 Å². The summed E-state index contributed by atoms with van der Waals surface area (Å²) in [6, 6.07) is 4.25. The van der Waals surface area contributed by atoms with Gasteiger partial charge in [0.05, 0.1) is 10.2 Å². The maximum absolute atomic E-state index is 12.6. The number of nitrogens with zero attached hydrogens (tertiary/aromatic N) is 2. The number of thiazole rings is 2. The van der Waals surface area contributed by atoms with Crippen molar-refractivity contribution in [2.75, 3.05) is 5.32 Å². The minimum Gasteiger partial charge on any atom is -0.298 e. The van der Waals surface area contributed by atoms with Crippen molar-refractivity contribution >= 4 is 43.9 Å². The second-order valence-corrected chi connectivity index (χ2v) is 6.69. The number of aromatic nitrogens is 2. The van der Waals surface area contributed by atoms with Gasteiger partial charge in [-0.15, -0.1) is 22.7 Å². The van der Waals surface area contributed by atoms with E-state index in [9.17, 15) is 18.0 Å². The predicted molar refractivity (Wildman–Crippen MR) is 79.4 cm³/mol. The van der Waals surface area contributed by atoms with Gasteiger partial charge in [0.25, 0.3) is 5.91 Å². The van der Waals surface area contributed by atoms with Gasteiger partial charge in [-0.1, -0.05) is 0 Å².